The first-order valence-electron chi connectivity index (χ1n) is 5.80. The van der Waals surface area contributed by atoms with Crippen molar-refractivity contribution in [1.82, 2.24) is 4.98 Å². The van der Waals surface area contributed by atoms with Crippen molar-refractivity contribution in [3.05, 3.63) is 40.7 Å². The molecule has 3 rings (SSSR count). The van der Waals surface area contributed by atoms with Crippen LogP contribution in [0.2, 0.25) is 0 Å². The summed E-state index contributed by atoms with van der Waals surface area (Å²) in [6, 6.07) is 8.71. The van der Waals surface area contributed by atoms with E-state index in [0.29, 0.717) is 0 Å². The zero-order valence-electron chi connectivity index (χ0n) is 9.90. The van der Waals surface area contributed by atoms with Gasteiger partial charge in [-0.3, -0.25) is 0 Å². The van der Waals surface area contributed by atoms with Crippen LogP contribution in [0.4, 0.5) is 4.39 Å². The summed E-state index contributed by atoms with van der Waals surface area (Å²) in [6.07, 6.45) is 1.85. The Balaban J connectivity index is 2.03. The fourth-order valence-electron chi connectivity index (χ4n) is 2.07. The van der Waals surface area contributed by atoms with E-state index in [1.165, 1.54) is 12.1 Å². The van der Waals surface area contributed by atoms with Crippen LogP contribution >= 0.6 is 11.3 Å². The normalized spacial score (nSPS) is 16.3. The van der Waals surface area contributed by atoms with Crippen molar-refractivity contribution in [3.8, 4) is 16.6 Å². The van der Waals surface area contributed by atoms with Gasteiger partial charge in [-0.25, -0.2) is 9.37 Å². The van der Waals surface area contributed by atoms with Crippen molar-refractivity contribution in [2.75, 3.05) is 0 Å². The van der Waals surface area contributed by atoms with Gasteiger partial charge in [0.1, 0.15) is 10.8 Å². The minimum Gasteiger partial charge on any atom is -0.241 e. The third-order valence-electron chi connectivity index (χ3n) is 3.29. The Morgan fingerprint density at radius 2 is 2.00 bits per heavy atom. The lowest BCUT2D eigenvalue weighted by molar-refractivity contribution is 0.628. The second kappa shape index (κ2) is 3.89. The van der Waals surface area contributed by atoms with Crippen LogP contribution in [0.25, 0.3) is 10.6 Å². The van der Waals surface area contributed by atoms with Crippen molar-refractivity contribution >= 4 is 11.3 Å². The van der Waals surface area contributed by atoms with Crippen LogP contribution < -0.4 is 0 Å². The highest BCUT2D eigenvalue weighted by Crippen LogP contribution is 2.51. The summed E-state index contributed by atoms with van der Waals surface area (Å²) in [5.74, 6) is -0.247. The molecule has 1 aliphatic rings. The fourth-order valence-corrected chi connectivity index (χ4v) is 3.34. The number of aromatic nitrogens is 1. The molecule has 0 N–H and O–H groups in total. The van der Waals surface area contributed by atoms with E-state index in [0.717, 1.165) is 34.0 Å². The van der Waals surface area contributed by atoms with Gasteiger partial charge in [-0.2, -0.15) is 5.26 Å². The number of benzene rings is 1. The molecule has 1 heterocycles. The smallest absolute Gasteiger partial charge is 0.123 e. The molecule has 0 unspecified atom stereocenters. The molecule has 18 heavy (non-hydrogen) atoms. The molecule has 0 aliphatic heterocycles. The number of nitriles is 1. The van der Waals surface area contributed by atoms with Gasteiger partial charge >= 0.3 is 0 Å². The maximum Gasteiger partial charge on any atom is 0.123 e. The topological polar surface area (TPSA) is 36.7 Å². The fraction of sp³-hybridized carbons (Fsp3) is 0.286. The van der Waals surface area contributed by atoms with Crippen molar-refractivity contribution in [2.45, 2.75) is 25.2 Å². The molecule has 0 spiro atoms. The Bertz CT molecular complexity index is 633. The van der Waals surface area contributed by atoms with Gasteiger partial charge in [-0.1, -0.05) is 0 Å². The highest BCUT2D eigenvalue weighted by atomic mass is 32.1. The standard InChI is InChI=1S/C14H11FN2S/c1-9-12(14(8-16)6-7-14)18-13(17-9)10-2-4-11(15)5-3-10/h2-5H,6-7H2,1H3. The third kappa shape index (κ3) is 1.72. The van der Waals surface area contributed by atoms with E-state index in [4.69, 9.17) is 0 Å². The third-order valence-corrected chi connectivity index (χ3v) is 4.70. The molecule has 1 fully saturated rings. The predicted molar refractivity (Wildman–Crippen MR) is 68.8 cm³/mol. The highest BCUT2D eigenvalue weighted by molar-refractivity contribution is 7.15. The zero-order valence-corrected chi connectivity index (χ0v) is 10.7. The second-order valence-corrected chi connectivity index (χ2v) is 5.63. The number of aryl methyl sites for hydroxylation is 1. The van der Waals surface area contributed by atoms with Crippen molar-refractivity contribution in [2.24, 2.45) is 0 Å². The van der Waals surface area contributed by atoms with E-state index in [1.807, 2.05) is 6.92 Å². The summed E-state index contributed by atoms with van der Waals surface area (Å²) in [6.45, 7) is 1.94. The summed E-state index contributed by atoms with van der Waals surface area (Å²) >= 11 is 1.56. The zero-order chi connectivity index (χ0) is 12.8. The van der Waals surface area contributed by atoms with Crippen LogP contribution in [-0.2, 0) is 5.41 Å². The Morgan fingerprint density at radius 3 is 2.56 bits per heavy atom. The predicted octanol–water partition coefficient (Wildman–Crippen LogP) is 3.81. The van der Waals surface area contributed by atoms with Crippen molar-refractivity contribution < 1.29 is 4.39 Å². The Morgan fingerprint density at radius 1 is 1.33 bits per heavy atom. The Hall–Kier alpha value is -1.73. The highest BCUT2D eigenvalue weighted by Gasteiger charge is 2.47. The van der Waals surface area contributed by atoms with E-state index < -0.39 is 0 Å². The Kier molecular flexibility index (Phi) is 2.46. The van der Waals surface area contributed by atoms with Crippen LogP contribution in [0.3, 0.4) is 0 Å². The largest absolute Gasteiger partial charge is 0.241 e. The molecular formula is C14H11FN2S. The van der Waals surface area contributed by atoms with Gasteiger partial charge in [0.05, 0.1) is 17.2 Å². The summed E-state index contributed by atoms with van der Waals surface area (Å²) in [7, 11) is 0. The average molecular weight is 258 g/mol. The maximum absolute atomic E-state index is 12.9. The molecule has 1 aromatic heterocycles. The molecule has 2 nitrogen and oxygen atoms in total. The monoisotopic (exact) mass is 258 g/mol. The number of nitrogens with zero attached hydrogens (tertiary/aromatic N) is 2. The van der Waals surface area contributed by atoms with E-state index in [-0.39, 0.29) is 11.2 Å². The molecule has 1 aliphatic carbocycles. The summed E-state index contributed by atoms with van der Waals surface area (Å²) in [4.78, 5) is 5.58. The van der Waals surface area contributed by atoms with Gasteiger partial charge in [0.2, 0.25) is 0 Å². The van der Waals surface area contributed by atoms with Crippen molar-refractivity contribution in [1.29, 1.82) is 5.26 Å². The molecule has 90 valence electrons. The minimum absolute atomic E-state index is 0.247. The molecule has 2 aromatic rings. The van der Waals surface area contributed by atoms with E-state index in [2.05, 4.69) is 11.1 Å². The summed E-state index contributed by atoms with van der Waals surface area (Å²) in [5, 5.41) is 10.1. The van der Waals surface area contributed by atoms with E-state index in [9.17, 15) is 9.65 Å². The Labute approximate surface area is 109 Å². The molecule has 0 saturated heterocycles. The first-order valence-corrected chi connectivity index (χ1v) is 6.61. The molecule has 0 amide bonds. The van der Waals surface area contributed by atoms with Crippen molar-refractivity contribution in [3.63, 3.8) is 0 Å². The van der Waals surface area contributed by atoms with Crippen LogP contribution in [0.15, 0.2) is 24.3 Å². The lowest BCUT2D eigenvalue weighted by Crippen LogP contribution is -2.01. The van der Waals surface area contributed by atoms with Gasteiger partial charge in [0.25, 0.3) is 0 Å². The molecule has 1 saturated carbocycles. The number of thiazole rings is 1. The number of rotatable bonds is 2. The first-order chi connectivity index (χ1) is 8.64. The number of hydrogen-bond donors (Lipinski definition) is 0. The molecule has 1 aromatic carbocycles. The van der Waals surface area contributed by atoms with Gasteiger partial charge in [0, 0.05) is 10.4 Å². The minimum atomic E-state index is -0.292. The van der Waals surface area contributed by atoms with Crippen LogP contribution in [0.5, 0.6) is 0 Å². The molecule has 0 radical (unpaired) electrons. The molecular weight excluding hydrogens is 247 g/mol. The molecule has 0 atom stereocenters. The summed E-state index contributed by atoms with van der Waals surface area (Å²) < 4.78 is 12.9. The number of hydrogen-bond acceptors (Lipinski definition) is 3. The van der Waals surface area contributed by atoms with Gasteiger partial charge < -0.3 is 0 Å². The van der Waals surface area contributed by atoms with Gasteiger partial charge in [-0.15, -0.1) is 11.3 Å². The molecule has 4 heteroatoms. The van der Waals surface area contributed by atoms with Crippen LogP contribution in [0, 0.1) is 24.1 Å². The summed E-state index contributed by atoms with van der Waals surface area (Å²) in [5.41, 5.74) is 1.54. The average Bonchev–Trinajstić information content (AvgIpc) is 3.08. The lowest BCUT2D eigenvalue weighted by Gasteiger charge is -2.00. The van der Waals surface area contributed by atoms with Gasteiger partial charge in [0.15, 0.2) is 0 Å². The second-order valence-electron chi connectivity index (χ2n) is 4.63. The SMILES string of the molecule is Cc1nc(-c2ccc(F)cc2)sc1C1(C#N)CC1. The lowest BCUT2D eigenvalue weighted by atomic mass is 10.1. The maximum atomic E-state index is 12.9. The van der Waals surface area contributed by atoms with Crippen LogP contribution in [-0.4, -0.2) is 4.98 Å². The first kappa shape index (κ1) is 11.4. The quantitative estimate of drug-likeness (QED) is 0.821. The van der Waals surface area contributed by atoms with E-state index >= 15 is 0 Å². The van der Waals surface area contributed by atoms with Gasteiger partial charge in [-0.05, 0) is 44.0 Å². The number of halogens is 1. The molecule has 0 bridgehead atoms. The van der Waals surface area contributed by atoms with Crippen LogP contribution in [0.1, 0.15) is 23.4 Å². The van der Waals surface area contributed by atoms with E-state index in [1.54, 1.807) is 23.5 Å².